The molecule has 4 heteroatoms. The van der Waals surface area contributed by atoms with E-state index in [0.29, 0.717) is 5.92 Å². The van der Waals surface area contributed by atoms with E-state index in [2.05, 4.69) is 41.0 Å². The van der Waals surface area contributed by atoms with Crippen LogP contribution in [0.5, 0.6) is 0 Å². The highest BCUT2D eigenvalue weighted by Gasteiger charge is 2.27. The molecule has 1 aliphatic rings. The Kier molecular flexibility index (Phi) is 3.95. The van der Waals surface area contributed by atoms with Crippen molar-refractivity contribution in [1.29, 1.82) is 0 Å². The van der Waals surface area contributed by atoms with Crippen molar-refractivity contribution >= 4 is 16.9 Å². The molecule has 0 bridgehead atoms. The van der Waals surface area contributed by atoms with E-state index < -0.39 is 0 Å². The van der Waals surface area contributed by atoms with Gasteiger partial charge in [-0.1, -0.05) is 18.2 Å². The number of para-hydroxylation sites is 1. The summed E-state index contributed by atoms with van der Waals surface area (Å²) in [5.41, 5.74) is 2.30. The van der Waals surface area contributed by atoms with Crippen LogP contribution in [0, 0.1) is 18.8 Å². The van der Waals surface area contributed by atoms with Crippen molar-refractivity contribution in [3.63, 3.8) is 0 Å². The second-order valence-electron chi connectivity index (χ2n) is 6.03. The highest BCUT2D eigenvalue weighted by atomic mass is 16.5. The van der Waals surface area contributed by atoms with Crippen molar-refractivity contribution in [1.82, 2.24) is 9.78 Å². The summed E-state index contributed by atoms with van der Waals surface area (Å²) in [4.78, 5) is 11.6. The molecule has 0 saturated heterocycles. The summed E-state index contributed by atoms with van der Waals surface area (Å²) in [7, 11) is 1.48. The molecule has 1 aliphatic carbocycles. The number of aryl methyl sites for hydroxylation is 1. The Morgan fingerprint density at radius 3 is 2.71 bits per heavy atom. The molecule has 0 N–H and O–H groups in total. The molecule has 4 nitrogen and oxygen atoms in total. The normalized spacial score (nSPS) is 22.4. The zero-order valence-corrected chi connectivity index (χ0v) is 12.7. The van der Waals surface area contributed by atoms with Crippen LogP contribution in [-0.4, -0.2) is 22.9 Å². The maximum Gasteiger partial charge on any atom is 0.308 e. The molecule has 0 unspecified atom stereocenters. The molecule has 0 aliphatic heterocycles. The first kappa shape index (κ1) is 14.1. The Bertz CT molecular complexity index is 639. The number of aromatic nitrogens is 2. The van der Waals surface area contributed by atoms with E-state index in [1.54, 1.807) is 0 Å². The second kappa shape index (κ2) is 5.88. The second-order valence-corrected chi connectivity index (χ2v) is 6.03. The highest BCUT2D eigenvalue weighted by Crippen LogP contribution is 2.31. The summed E-state index contributed by atoms with van der Waals surface area (Å²) >= 11 is 0. The average Bonchev–Trinajstić information content (AvgIpc) is 2.84. The number of carbonyl (C=O) groups excluding carboxylic acids is 1. The number of rotatable bonds is 3. The van der Waals surface area contributed by atoms with E-state index in [0.717, 1.165) is 37.9 Å². The van der Waals surface area contributed by atoms with Gasteiger partial charge < -0.3 is 4.74 Å². The van der Waals surface area contributed by atoms with Crippen LogP contribution in [0.15, 0.2) is 24.3 Å². The van der Waals surface area contributed by atoms with Gasteiger partial charge in [0.25, 0.3) is 0 Å². The van der Waals surface area contributed by atoms with Crippen molar-refractivity contribution < 1.29 is 9.53 Å². The molecule has 1 fully saturated rings. The highest BCUT2D eigenvalue weighted by molar-refractivity contribution is 5.81. The van der Waals surface area contributed by atoms with Crippen molar-refractivity contribution in [3.05, 3.63) is 30.0 Å². The summed E-state index contributed by atoms with van der Waals surface area (Å²) in [5.74, 6) is 0.657. The van der Waals surface area contributed by atoms with Crippen LogP contribution in [0.2, 0.25) is 0 Å². The van der Waals surface area contributed by atoms with Crippen LogP contribution in [0.4, 0.5) is 0 Å². The minimum Gasteiger partial charge on any atom is -0.469 e. The van der Waals surface area contributed by atoms with Gasteiger partial charge >= 0.3 is 5.97 Å². The Morgan fingerprint density at radius 1 is 1.29 bits per heavy atom. The van der Waals surface area contributed by atoms with Crippen molar-refractivity contribution in [3.8, 4) is 0 Å². The predicted octanol–water partition coefficient (Wildman–Crippen LogP) is 3.32. The predicted molar refractivity (Wildman–Crippen MR) is 81.9 cm³/mol. The molecule has 1 aromatic carbocycles. The van der Waals surface area contributed by atoms with Gasteiger partial charge in [-0.3, -0.25) is 9.48 Å². The van der Waals surface area contributed by atoms with Crippen molar-refractivity contribution in [2.24, 2.45) is 11.8 Å². The summed E-state index contributed by atoms with van der Waals surface area (Å²) in [6.45, 7) is 3.01. The fourth-order valence-corrected chi connectivity index (χ4v) is 3.42. The summed E-state index contributed by atoms with van der Waals surface area (Å²) in [6.07, 6.45) is 4.03. The lowest BCUT2D eigenvalue weighted by molar-refractivity contribution is -0.146. The van der Waals surface area contributed by atoms with E-state index >= 15 is 0 Å². The molecule has 1 aromatic heterocycles. The van der Waals surface area contributed by atoms with Gasteiger partial charge in [0, 0.05) is 11.9 Å². The maximum absolute atomic E-state index is 11.6. The molecule has 112 valence electrons. The first-order valence-corrected chi connectivity index (χ1v) is 7.69. The molecule has 2 aromatic rings. The fourth-order valence-electron chi connectivity index (χ4n) is 3.42. The van der Waals surface area contributed by atoms with Gasteiger partial charge in [0.15, 0.2) is 0 Å². The Balaban J connectivity index is 1.69. The van der Waals surface area contributed by atoms with Crippen molar-refractivity contribution in [2.75, 3.05) is 7.11 Å². The Morgan fingerprint density at radius 2 is 2.00 bits per heavy atom. The smallest absolute Gasteiger partial charge is 0.308 e. The lowest BCUT2D eigenvalue weighted by Crippen LogP contribution is -2.25. The van der Waals surface area contributed by atoms with Crippen LogP contribution >= 0.6 is 0 Å². The zero-order valence-electron chi connectivity index (χ0n) is 12.7. The number of ether oxygens (including phenoxy) is 1. The molecular formula is C17H22N2O2. The lowest BCUT2D eigenvalue weighted by Gasteiger charge is -2.26. The van der Waals surface area contributed by atoms with Gasteiger partial charge in [-0.15, -0.1) is 0 Å². The van der Waals surface area contributed by atoms with E-state index in [-0.39, 0.29) is 11.9 Å². The van der Waals surface area contributed by atoms with E-state index in [1.165, 1.54) is 18.0 Å². The number of benzene rings is 1. The van der Waals surface area contributed by atoms with Crippen LogP contribution in [-0.2, 0) is 16.1 Å². The van der Waals surface area contributed by atoms with Crippen LogP contribution in [0.3, 0.4) is 0 Å². The van der Waals surface area contributed by atoms with Gasteiger partial charge in [-0.05, 0) is 44.6 Å². The third kappa shape index (κ3) is 2.80. The molecular weight excluding hydrogens is 264 g/mol. The molecule has 0 spiro atoms. The number of hydrogen-bond donors (Lipinski definition) is 0. The lowest BCUT2D eigenvalue weighted by atomic mass is 9.82. The topological polar surface area (TPSA) is 44.1 Å². The molecule has 21 heavy (non-hydrogen) atoms. The minimum absolute atomic E-state index is 0.0474. The van der Waals surface area contributed by atoms with Gasteiger partial charge in [-0.2, -0.15) is 5.10 Å². The fraction of sp³-hybridized carbons (Fsp3) is 0.529. The van der Waals surface area contributed by atoms with Crippen LogP contribution in [0.1, 0.15) is 31.4 Å². The molecule has 1 saturated carbocycles. The van der Waals surface area contributed by atoms with E-state index in [9.17, 15) is 4.79 Å². The average molecular weight is 286 g/mol. The number of hydrogen-bond acceptors (Lipinski definition) is 3. The summed E-state index contributed by atoms with van der Waals surface area (Å²) < 4.78 is 6.98. The quantitative estimate of drug-likeness (QED) is 0.813. The van der Waals surface area contributed by atoms with Gasteiger partial charge in [0.2, 0.25) is 0 Å². The first-order chi connectivity index (χ1) is 10.2. The number of fused-ring (bicyclic) bond motifs is 1. The monoisotopic (exact) mass is 286 g/mol. The minimum atomic E-state index is -0.0474. The third-order valence-corrected chi connectivity index (χ3v) is 4.66. The SMILES string of the molecule is COC(=O)C1CCC(Cn2nc(C)c3ccccc32)CC1. The molecule has 3 rings (SSSR count). The first-order valence-electron chi connectivity index (χ1n) is 7.69. The number of esters is 1. The van der Waals surface area contributed by atoms with Crippen molar-refractivity contribution in [2.45, 2.75) is 39.2 Å². The summed E-state index contributed by atoms with van der Waals surface area (Å²) in [6, 6.07) is 8.38. The number of nitrogens with zero attached hydrogens (tertiary/aromatic N) is 2. The standard InChI is InChI=1S/C17H22N2O2/c1-12-15-5-3-4-6-16(15)19(18-12)11-13-7-9-14(10-8-13)17(20)21-2/h3-6,13-14H,7-11H2,1-2H3. The Labute approximate surface area is 125 Å². The molecule has 1 heterocycles. The van der Waals surface area contributed by atoms with Gasteiger partial charge in [-0.25, -0.2) is 0 Å². The summed E-state index contributed by atoms with van der Waals surface area (Å²) in [5, 5.41) is 5.92. The van der Waals surface area contributed by atoms with Gasteiger partial charge in [0.05, 0.1) is 24.2 Å². The molecule has 0 atom stereocenters. The van der Waals surface area contributed by atoms with E-state index in [4.69, 9.17) is 4.74 Å². The van der Waals surface area contributed by atoms with E-state index in [1.807, 2.05) is 0 Å². The Hall–Kier alpha value is -1.84. The largest absolute Gasteiger partial charge is 0.469 e. The molecule has 0 amide bonds. The van der Waals surface area contributed by atoms with Crippen LogP contribution < -0.4 is 0 Å². The number of carbonyl (C=O) groups is 1. The molecule has 0 radical (unpaired) electrons. The van der Waals surface area contributed by atoms with Gasteiger partial charge in [0.1, 0.15) is 0 Å². The maximum atomic E-state index is 11.6. The number of methoxy groups -OCH3 is 1. The van der Waals surface area contributed by atoms with Crippen LogP contribution in [0.25, 0.3) is 10.9 Å². The third-order valence-electron chi connectivity index (χ3n) is 4.66. The zero-order chi connectivity index (χ0) is 14.8.